The Hall–Kier alpha value is -2.40. The zero-order valence-electron chi connectivity index (χ0n) is 11.2. The smallest absolute Gasteiger partial charge is 0.335 e. The van der Waals surface area contributed by atoms with Gasteiger partial charge in [-0.15, -0.1) is 5.10 Å². The number of hydrogen-bond acceptors (Lipinski definition) is 3. The largest absolute Gasteiger partial charge is 0.478 e. The first kappa shape index (κ1) is 13.6. The average molecular weight is 302 g/mol. The van der Waals surface area contributed by atoms with Crippen LogP contribution < -0.4 is 0 Å². The van der Waals surface area contributed by atoms with Crippen LogP contribution in [0.15, 0.2) is 42.5 Å². The van der Waals surface area contributed by atoms with Gasteiger partial charge in [0.25, 0.3) is 0 Å². The molecule has 0 aliphatic carbocycles. The fourth-order valence-electron chi connectivity index (χ4n) is 2.24. The predicted octanol–water partition coefficient (Wildman–Crippen LogP) is 3.39. The summed E-state index contributed by atoms with van der Waals surface area (Å²) in [6.07, 6.45) is 0. The Morgan fingerprint density at radius 3 is 2.62 bits per heavy atom. The molecule has 0 bridgehead atoms. The quantitative estimate of drug-likeness (QED) is 0.805. The van der Waals surface area contributed by atoms with Crippen LogP contribution in [0.5, 0.6) is 0 Å². The summed E-state index contributed by atoms with van der Waals surface area (Å²) in [6, 6.07) is 12.2. The number of carboxylic acids is 1. The van der Waals surface area contributed by atoms with E-state index in [0.29, 0.717) is 16.1 Å². The lowest BCUT2D eigenvalue weighted by molar-refractivity contribution is 0.0697. The second kappa shape index (κ2) is 5.18. The Labute approximate surface area is 125 Å². The van der Waals surface area contributed by atoms with Gasteiger partial charge in [0.15, 0.2) is 0 Å². The molecule has 1 atom stereocenters. The van der Waals surface area contributed by atoms with Gasteiger partial charge in [0.2, 0.25) is 0 Å². The molecule has 0 aliphatic rings. The van der Waals surface area contributed by atoms with Crippen molar-refractivity contribution in [3.05, 3.63) is 58.6 Å². The monoisotopic (exact) mass is 301 g/mol. The molecule has 1 heterocycles. The van der Waals surface area contributed by atoms with Gasteiger partial charge >= 0.3 is 5.97 Å². The van der Waals surface area contributed by atoms with Gasteiger partial charge in [-0.25, -0.2) is 9.48 Å². The number of rotatable bonds is 3. The first-order valence-corrected chi connectivity index (χ1v) is 6.78. The van der Waals surface area contributed by atoms with Crippen LogP contribution in [0.4, 0.5) is 0 Å². The Morgan fingerprint density at radius 2 is 1.95 bits per heavy atom. The van der Waals surface area contributed by atoms with E-state index in [4.69, 9.17) is 16.7 Å². The molecule has 5 nitrogen and oxygen atoms in total. The van der Waals surface area contributed by atoms with Crippen LogP contribution in [-0.4, -0.2) is 26.1 Å². The summed E-state index contributed by atoms with van der Waals surface area (Å²) >= 11 is 5.89. The van der Waals surface area contributed by atoms with Crippen LogP contribution in [0.3, 0.4) is 0 Å². The number of halogens is 1. The van der Waals surface area contributed by atoms with Crippen LogP contribution in [-0.2, 0) is 0 Å². The number of hydrogen-bond donors (Lipinski definition) is 1. The number of fused-ring (bicyclic) bond motifs is 1. The molecule has 0 spiro atoms. The maximum absolute atomic E-state index is 11.1. The number of carboxylic acid groups (broad SMARTS) is 1. The van der Waals surface area contributed by atoms with Crippen molar-refractivity contribution >= 4 is 28.6 Å². The third-order valence-electron chi connectivity index (χ3n) is 3.44. The highest BCUT2D eigenvalue weighted by molar-refractivity contribution is 6.30. The van der Waals surface area contributed by atoms with E-state index < -0.39 is 5.97 Å². The van der Waals surface area contributed by atoms with Crippen molar-refractivity contribution in [3.8, 4) is 0 Å². The Morgan fingerprint density at radius 1 is 1.24 bits per heavy atom. The first-order valence-electron chi connectivity index (χ1n) is 6.40. The van der Waals surface area contributed by atoms with Crippen molar-refractivity contribution in [2.45, 2.75) is 13.0 Å². The fourth-order valence-corrected chi connectivity index (χ4v) is 2.36. The molecule has 3 aromatic rings. The summed E-state index contributed by atoms with van der Waals surface area (Å²) in [5.41, 5.74) is 2.60. The average Bonchev–Trinajstić information content (AvgIpc) is 2.90. The minimum absolute atomic E-state index is 0.0729. The lowest BCUT2D eigenvalue weighted by Crippen LogP contribution is -2.09. The van der Waals surface area contributed by atoms with Gasteiger partial charge < -0.3 is 5.11 Å². The van der Waals surface area contributed by atoms with Gasteiger partial charge in [-0.2, -0.15) is 0 Å². The maximum Gasteiger partial charge on any atom is 0.335 e. The topological polar surface area (TPSA) is 68.0 Å². The van der Waals surface area contributed by atoms with E-state index in [-0.39, 0.29) is 11.6 Å². The van der Waals surface area contributed by atoms with Crippen LogP contribution in [0.2, 0.25) is 5.02 Å². The van der Waals surface area contributed by atoms with Crippen molar-refractivity contribution in [1.29, 1.82) is 0 Å². The first-order chi connectivity index (χ1) is 10.1. The zero-order chi connectivity index (χ0) is 15.0. The van der Waals surface area contributed by atoms with E-state index in [1.54, 1.807) is 16.8 Å². The van der Waals surface area contributed by atoms with Gasteiger partial charge in [-0.3, -0.25) is 0 Å². The van der Waals surface area contributed by atoms with Gasteiger partial charge in [0.1, 0.15) is 5.52 Å². The van der Waals surface area contributed by atoms with Crippen LogP contribution in [0, 0.1) is 0 Å². The summed E-state index contributed by atoms with van der Waals surface area (Å²) in [5.74, 6) is -0.969. The summed E-state index contributed by atoms with van der Waals surface area (Å²) in [7, 11) is 0. The summed E-state index contributed by atoms with van der Waals surface area (Å²) in [6.45, 7) is 1.98. The van der Waals surface area contributed by atoms with Crippen molar-refractivity contribution in [1.82, 2.24) is 15.0 Å². The second-order valence-electron chi connectivity index (χ2n) is 4.77. The molecule has 106 valence electrons. The highest BCUT2D eigenvalue weighted by Crippen LogP contribution is 2.23. The SMILES string of the molecule is CC(c1ccc(Cl)cc1)n1nnc2ccc(C(=O)O)cc21. The van der Waals surface area contributed by atoms with Gasteiger partial charge in [0, 0.05) is 5.02 Å². The molecule has 0 radical (unpaired) electrons. The molecule has 0 aliphatic heterocycles. The molecule has 2 aromatic carbocycles. The lowest BCUT2D eigenvalue weighted by atomic mass is 10.1. The molecule has 21 heavy (non-hydrogen) atoms. The van der Waals surface area contributed by atoms with Crippen molar-refractivity contribution in [2.24, 2.45) is 0 Å². The Kier molecular flexibility index (Phi) is 3.35. The van der Waals surface area contributed by atoms with E-state index in [0.717, 1.165) is 5.56 Å². The predicted molar refractivity (Wildman–Crippen MR) is 79.8 cm³/mol. The van der Waals surface area contributed by atoms with Crippen molar-refractivity contribution < 1.29 is 9.90 Å². The molecular weight excluding hydrogens is 290 g/mol. The summed E-state index contributed by atoms with van der Waals surface area (Å²) in [4.78, 5) is 11.1. The minimum Gasteiger partial charge on any atom is -0.478 e. The normalized spacial score (nSPS) is 12.5. The molecule has 6 heteroatoms. The third-order valence-corrected chi connectivity index (χ3v) is 3.69. The molecule has 1 aromatic heterocycles. The van der Waals surface area contributed by atoms with Gasteiger partial charge in [0.05, 0.1) is 17.1 Å². The highest BCUT2D eigenvalue weighted by atomic mass is 35.5. The number of aromatic carboxylic acids is 1. The van der Waals surface area contributed by atoms with Gasteiger partial charge in [-0.05, 0) is 42.8 Å². The maximum atomic E-state index is 11.1. The number of nitrogens with zero attached hydrogens (tertiary/aromatic N) is 3. The molecule has 0 amide bonds. The molecular formula is C15H12ClN3O2. The standard InChI is InChI=1S/C15H12ClN3O2/c1-9(10-2-5-12(16)6-3-10)19-14-8-11(15(20)21)4-7-13(14)17-18-19/h2-9H,1H3,(H,20,21). The molecule has 0 saturated carbocycles. The number of carbonyl (C=O) groups is 1. The highest BCUT2D eigenvalue weighted by Gasteiger charge is 2.15. The lowest BCUT2D eigenvalue weighted by Gasteiger charge is -2.13. The van der Waals surface area contributed by atoms with Crippen LogP contribution >= 0.6 is 11.6 Å². The summed E-state index contributed by atoms with van der Waals surface area (Å²) in [5, 5.41) is 18.0. The number of aromatic nitrogens is 3. The second-order valence-corrected chi connectivity index (χ2v) is 5.21. The fraction of sp³-hybridized carbons (Fsp3) is 0.133. The molecule has 0 fully saturated rings. The van der Waals surface area contributed by atoms with E-state index in [1.807, 2.05) is 31.2 Å². The summed E-state index contributed by atoms with van der Waals surface area (Å²) < 4.78 is 1.71. The Bertz CT molecular complexity index is 811. The van der Waals surface area contributed by atoms with Crippen LogP contribution in [0.25, 0.3) is 11.0 Å². The minimum atomic E-state index is -0.969. The van der Waals surface area contributed by atoms with Crippen molar-refractivity contribution in [2.75, 3.05) is 0 Å². The molecule has 1 N–H and O–H groups in total. The van der Waals surface area contributed by atoms with E-state index in [1.165, 1.54) is 6.07 Å². The molecule has 0 saturated heterocycles. The third kappa shape index (κ3) is 2.48. The van der Waals surface area contributed by atoms with Crippen molar-refractivity contribution in [3.63, 3.8) is 0 Å². The molecule has 1 unspecified atom stereocenters. The van der Waals surface area contributed by atoms with Gasteiger partial charge in [-0.1, -0.05) is 28.9 Å². The molecule has 3 rings (SSSR count). The van der Waals surface area contributed by atoms with E-state index >= 15 is 0 Å². The van der Waals surface area contributed by atoms with E-state index in [9.17, 15) is 4.79 Å². The van der Waals surface area contributed by atoms with E-state index in [2.05, 4.69) is 10.3 Å². The Balaban J connectivity index is 2.09. The number of benzene rings is 2. The zero-order valence-corrected chi connectivity index (χ0v) is 11.9. The van der Waals surface area contributed by atoms with Crippen LogP contribution in [0.1, 0.15) is 28.9 Å².